The van der Waals surface area contributed by atoms with Crippen molar-refractivity contribution in [3.05, 3.63) is 59.9 Å². The third-order valence-corrected chi connectivity index (χ3v) is 8.16. The fourth-order valence-electron chi connectivity index (χ4n) is 3.87. The van der Waals surface area contributed by atoms with Crippen molar-refractivity contribution in [2.45, 2.75) is 44.7 Å². The number of amides is 2. The minimum Gasteiger partial charge on any atom is -0.484 e. The molecule has 1 aliphatic heterocycles. The summed E-state index contributed by atoms with van der Waals surface area (Å²) >= 11 is 0. The van der Waals surface area contributed by atoms with Crippen molar-refractivity contribution >= 4 is 21.8 Å². The Balaban J connectivity index is 1.66. The summed E-state index contributed by atoms with van der Waals surface area (Å²) in [5.41, 5.74) is 0.666. The number of nitrogens with one attached hydrogen (secondary N) is 1. The van der Waals surface area contributed by atoms with Gasteiger partial charge in [-0.1, -0.05) is 26.0 Å². The molecule has 0 radical (unpaired) electrons. The number of halogens is 1. The third kappa shape index (κ3) is 8.24. The van der Waals surface area contributed by atoms with Gasteiger partial charge in [0.1, 0.15) is 17.6 Å². The van der Waals surface area contributed by atoms with Crippen molar-refractivity contribution in [1.82, 2.24) is 14.5 Å². The predicted octanol–water partition coefficient (Wildman–Crippen LogP) is 2.81. The van der Waals surface area contributed by atoms with Crippen LogP contribution in [0.25, 0.3) is 0 Å². The van der Waals surface area contributed by atoms with Crippen LogP contribution in [0.15, 0.2) is 53.4 Å². The number of rotatable bonds is 12. The van der Waals surface area contributed by atoms with Crippen LogP contribution in [0.5, 0.6) is 5.75 Å². The Labute approximate surface area is 224 Å². The van der Waals surface area contributed by atoms with E-state index in [1.54, 1.807) is 19.1 Å². The molecule has 2 amide bonds. The molecule has 208 valence electrons. The van der Waals surface area contributed by atoms with E-state index >= 15 is 0 Å². The highest BCUT2D eigenvalue weighted by Gasteiger charge is 2.28. The van der Waals surface area contributed by atoms with Gasteiger partial charge in [0, 0.05) is 26.2 Å². The molecule has 9 nitrogen and oxygen atoms in total. The van der Waals surface area contributed by atoms with Crippen LogP contribution in [0, 0.1) is 11.7 Å². The lowest BCUT2D eigenvalue weighted by molar-refractivity contribution is -0.142. The Morgan fingerprint density at radius 1 is 1.05 bits per heavy atom. The van der Waals surface area contributed by atoms with Crippen LogP contribution >= 0.6 is 0 Å². The van der Waals surface area contributed by atoms with Gasteiger partial charge in [-0.15, -0.1) is 0 Å². The highest BCUT2D eigenvalue weighted by Crippen LogP contribution is 2.21. The van der Waals surface area contributed by atoms with E-state index in [1.807, 2.05) is 0 Å². The smallest absolute Gasteiger partial charge is 0.261 e. The van der Waals surface area contributed by atoms with E-state index in [4.69, 9.17) is 9.47 Å². The van der Waals surface area contributed by atoms with Gasteiger partial charge in [0.15, 0.2) is 6.61 Å². The molecule has 2 aromatic rings. The molecule has 1 fully saturated rings. The molecule has 0 bridgehead atoms. The van der Waals surface area contributed by atoms with Gasteiger partial charge in [0.25, 0.3) is 5.91 Å². The van der Waals surface area contributed by atoms with E-state index in [1.165, 1.54) is 45.6 Å². The number of carbonyl (C=O) groups excluding carboxylic acids is 2. The maximum Gasteiger partial charge on any atom is 0.261 e. The van der Waals surface area contributed by atoms with Crippen LogP contribution in [-0.4, -0.2) is 74.9 Å². The standard InChI is InChI=1S/C27H36FN3O6S/c1-20(2)12-13-29-27(33)21(3)31(18-22-4-6-23(28)7-5-22)26(32)19-37-24-8-10-25(11-9-24)38(34,35)30-14-16-36-17-15-30/h4-11,20-21H,12-19H2,1-3H3,(H,29,33)/t21-/m1/s1. The average molecular weight is 550 g/mol. The highest BCUT2D eigenvalue weighted by atomic mass is 32.2. The lowest BCUT2D eigenvalue weighted by Gasteiger charge is -2.29. The number of ether oxygens (including phenoxy) is 2. The number of nitrogens with zero attached hydrogens (tertiary/aromatic N) is 2. The summed E-state index contributed by atoms with van der Waals surface area (Å²) in [5, 5.41) is 2.86. The summed E-state index contributed by atoms with van der Waals surface area (Å²) in [5.74, 6) is -0.389. The second kappa shape index (κ2) is 13.7. The quantitative estimate of drug-likeness (QED) is 0.437. The molecule has 0 saturated carbocycles. The van der Waals surface area contributed by atoms with Crippen molar-refractivity contribution in [2.24, 2.45) is 5.92 Å². The zero-order chi connectivity index (χ0) is 27.7. The summed E-state index contributed by atoms with van der Waals surface area (Å²) in [6.07, 6.45) is 0.810. The monoisotopic (exact) mass is 549 g/mol. The molecule has 1 saturated heterocycles. The number of hydrogen-bond acceptors (Lipinski definition) is 6. The largest absolute Gasteiger partial charge is 0.484 e. The second-order valence-electron chi connectivity index (χ2n) is 9.57. The first kappa shape index (κ1) is 29.5. The molecular weight excluding hydrogens is 513 g/mol. The fourth-order valence-corrected chi connectivity index (χ4v) is 5.28. The normalized spacial score (nSPS) is 15.2. The van der Waals surface area contributed by atoms with E-state index < -0.39 is 27.8 Å². The first-order chi connectivity index (χ1) is 18.1. The fraction of sp³-hybridized carbons (Fsp3) is 0.481. The molecule has 3 rings (SSSR count). The molecular formula is C27H36FN3O6S. The van der Waals surface area contributed by atoms with Crippen molar-refractivity contribution in [3.8, 4) is 5.75 Å². The topological polar surface area (TPSA) is 105 Å². The Hall–Kier alpha value is -3.02. The molecule has 1 N–H and O–H groups in total. The SMILES string of the molecule is CC(C)CCNC(=O)[C@@H](C)N(Cc1ccc(F)cc1)C(=O)COc1ccc(S(=O)(=O)N2CCOCC2)cc1. The summed E-state index contributed by atoms with van der Waals surface area (Å²) in [6.45, 7) is 7.27. The van der Waals surface area contributed by atoms with Gasteiger partial charge >= 0.3 is 0 Å². The van der Waals surface area contributed by atoms with Crippen LogP contribution in [0.3, 0.4) is 0 Å². The van der Waals surface area contributed by atoms with Crippen molar-refractivity contribution in [2.75, 3.05) is 39.5 Å². The van der Waals surface area contributed by atoms with Crippen LogP contribution in [0.2, 0.25) is 0 Å². The number of benzene rings is 2. The van der Waals surface area contributed by atoms with Crippen LogP contribution in [0.4, 0.5) is 4.39 Å². The molecule has 0 spiro atoms. The first-order valence-electron chi connectivity index (χ1n) is 12.7. The molecule has 1 heterocycles. The molecule has 0 unspecified atom stereocenters. The summed E-state index contributed by atoms with van der Waals surface area (Å²) in [7, 11) is -3.64. The van der Waals surface area contributed by atoms with Gasteiger partial charge in [-0.2, -0.15) is 4.31 Å². The molecule has 11 heteroatoms. The number of hydrogen-bond donors (Lipinski definition) is 1. The molecule has 0 aromatic heterocycles. The summed E-state index contributed by atoms with van der Waals surface area (Å²) in [6, 6.07) is 10.8. The zero-order valence-electron chi connectivity index (χ0n) is 22.1. The van der Waals surface area contributed by atoms with Crippen LogP contribution in [0.1, 0.15) is 32.8 Å². The van der Waals surface area contributed by atoms with E-state index in [9.17, 15) is 22.4 Å². The van der Waals surface area contributed by atoms with Gasteiger partial charge in [0.2, 0.25) is 15.9 Å². The van der Waals surface area contributed by atoms with E-state index in [0.717, 1.165) is 6.42 Å². The van der Waals surface area contributed by atoms with Gasteiger partial charge < -0.3 is 19.7 Å². The van der Waals surface area contributed by atoms with E-state index in [0.29, 0.717) is 50.1 Å². The Morgan fingerprint density at radius 3 is 2.29 bits per heavy atom. The maximum atomic E-state index is 13.4. The minimum atomic E-state index is -3.64. The molecule has 2 aromatic carbocycles. The van der Waals surface area contributed by atoms with Gasteiger partial charge in [0.05, 0.1) is 18.1 Å². The third-order valence-electron chi connectivity index (χ3n) is 6.25. The van der Waals surface area contributed by atoms with Gasteiger partial charge in [-0.05, 0) is 61.2 Å². The van der Waals surface area contributed by atoms with Gasteiger partial charge in [-0.25, -0.2) is 12.8 Å². The maximum absolute atomic E-state index is 13.4. The zero-order valence-corrected chi connectivity index (χ0v) is 22.9. The highest BCUT2D eigenvalue weighted by molar-refractivity contribution is 7.89. The Kier molecular flexibility index (Phi) is 10.6. The Bertz CT molecular complexity index is 1170. The van der Waals surface area contributed by atoms with Crippen molar-refractivity contribution in [3.63, 3.8) is 0 Å². The van der Waals surface area contributed by atoms with E-state index in [2.05, 4.69) is 19.2 Å². The molecule has 0 aliphatic carbocycles. The predicted molar refractivity (Wildman–Crippen MR) is 140 cm³/mol. The Morgan fingerprint density at radius 2 is 1.68 bits per heavy atom. The number of sulfonamides is 1. The minimum absolute atomic E-state index is 0.0952. The van der Waals surface area contributed by atoms with Crippen LogP contribution < -0.4 is 10.1 Å². The molecule has 38 heavy (non-hydrogen) atoms. The molecule has 1 aliphatic rings. The van der Waals surface area contributed by atoms with Crippen molar-refractivity contribution in [1.29, 1.82) is 0 Å². The van der Waals surface area contributed by atoms with E-state index in [-0.39, 0.29) is 24.0 Å². The lowest BCUT2D eigenvalue weighted by atomic mass is 10.1. The second-order valence-corrected chi connectivity index (χ2v) is 11.5. The van der Waals surface area contributed by atoms with Gasteiger partial charge in [-0.3, -0.25) is 9.59 Å². The number of carbonyl (C=O) groups is 2. The van der Waals surface area contributed by atoms with Crippen molar-refractivity contribution < 1.29 is 31.9 Å². The summed E-state index contributed by atoms with van der Waals surface area (Å²) in [4.78, 5) is 27.5. The lowest BCUT2D eigenvalue weighted by Crippen LogP contribution is -2.49. The number of morpholine rings is 1. The van der Waals surface area contributed by atoms with Crippen LogP contribution in [-0.2, 0) is 30.9 Å². The molecule has 1 atom stereocenters. The summed E-state index contributed by atoms with van der Waals surface area (Å²) < 4.78 is 51.2. The first-order valence-corrected chi connectivity index (χ1v) is 14.1. The average Bonchev–Trinajstić information content (AvgIpc) is 2.91.